The van der Waals surface area contributed by atoms with Crippen LogP contribution in [0.2, 0.25) is 0 Å². The van der Waals surface area contributed by atoms with Crippen LogP contribution in [-0.2, 0) is 14.3 Å². The minimum absolute atomic E-state index is 0.271. The fourth-order valence-electron chi connectivity index (χ4n) is 2.58. The summed E-state index contributed by atoms with van der Waals surface area (Å²) in [6.07, 6.45) is -4.28. The van der Waals surface area contributed by atoms with Crippen LogP contribution in [-0.4, -0.2) is 35.7 Å². The van der Waals surface area contributed by atoms with Crippen LogP contribution < -0.4 is 25.5 Å². The highest BCUT2D eigenvalue weighted by Crippen LogP contribution is 2.27. The van der Waals surface area contributed by atoms with Crippen LogP contribution in [0.3, 0.4) is 0 Å². The number of rotatable bonds is 4. The van der Waals surface area contributed by atoms with E-state index >= 15 is 0 Å². The molecule has 0 amide bonds. The maximum absolute atomic E-state index is 12.3. The van der Waals surface area contributed by atoms with Crippen molar-refractivity contribution in [3.8, 4) is 11.5 Å². The van der Waals surface area contributed by atoms with E-state index in [1.54, 1.807) is 0 Å². The Hall–Kier alpha value is -2.42. The lowest BCUT2D eigenvalue weighted by molar-refractivity contribution is -0.572. The molecule has 25 heavy (non-hydrogen) atoms. The normalized spacial score (nSPS) is 29.5. The summed E-state index contributed by atoms with van der Waals surface area (Å²) in [4.78, 5) is 23.2. The van der Waals surface area contributed by atoms with Crippen LogP contribution in [0.15, 0.2) is 24.3 Å². The van der Waals surface area contributed by atoms with Crippen LogP contribution in [0.5, 0.6) is 11.5 Å². The number of ether oxygens (including phenoxy) is 1. The molecular weight excluding hydrogens is 332 g/mol. The second-order valence-corrected chi connectivity index (χ2v) is 5.98. The number of hydrogen-bond donors (Lipinski definition) is 0. The zero-order chi connectivity index (χ0) is 18.8. The summed E-state index contributed by atoms with van der Waals surface area (Å²) < 4.78 is 4.87. The number of benzene rings is 1. The predicted octanol–water partition coefficient (Wildman–Crippen LogP) is -3.30. The summed E-state index contributed by atoms with van der Waals surface area (Å²) in [6, 6.07) is 3.38. The maximum Gasteiger partial charge on any atom is 0.330 e. The van der Waals surface area contributed by atoms with Gasteiger partial charge in [0.15, 0.2) is 0 Å². The van der Waals surface area contributed by atoms with Gasteiger partial charge in [-0.2, -0.15) is 0 Å². The Morgan fingerprint density at radius 1 is 1.20 bits per heavy atom. The summed E-state index contributed by atoms with van der Waals surface area (Å²) in [5.74, 6) is -3.20. The summed E-state index contributed by atoms with van der Waals surface area (Å²) in [7, 11) is 0. The van der Waals surface area contributed by atoms with Crippen LogP contribution in [0.25, 0.3) is 6.08 Å². The molecule has 2 rings (SSSR count). The Balaban J connectivity index is 2.06. The first-order chi connectivity index (χ1) is 11.6. The van der Waals surface area contributed by atoms with Gasteiger partial charge in [0.05, 0.1) is 6.10 Å². The van der Waals surface area contributed by atoms with E-state index in [-0.39, 0.29) is 5.56 Å². The van der Waals surface area contributed by atoms with E-state index in [4.69, 9.17) is 4.74 Å². The third-order valence-corrected chi connectivity index (χ3v) is 4.08. The van der Waals surface area contributed by atoms with Crippen LogP contribution in [0.4, 0.5) is 0 Å². The second kappa shape index (κ2) is 7.22. The molecule has 0 aliphatic heterocycles. The topological polar surface area (TPSA) is 159 Å². The highest BCUT2D eigenvalue weighted by atomic mass is 16.6. The van der Waals surface area contributed by atoms with Gasteiger partial charge in [-0.1, -0.05) is 30.2 Å². The molecule has 0 heterocycles. The van der Waals surface area contributed by atoms with E-state index in [1.165, 1.54) is 12.1 Å². The Morgan fingerprint density at radius 2 is 1.88 bits per heavy atom. The zero-order valence-electron chi connectivity index (χ0n) is 13.3. The highest BCUT2D eigenvalue weighted by Gasteiger charge is 2.35. The Morgan fingerprint density at radius 3 is 2.48 bits per heavy atom. The van der Waals surface area contributed by atoms with Gasteiger partial charge in [-0.25, -0.2) is 4.79 Å². The molecule has 1 aromatic carbocycles. The molecule has 8 nitrogen and oxygen atoms in total. The van der Waals surface area contributed by atoms with Crippen molar-refractivity contribution < 1.29 is 39.9 Å². The molecule has 0 N–H and O–H groups in total. The van der Waals surface area contributed by atoms with E-state index in [1.807, 2.05) is 0 Å². The van der Waals surface area contributed by atoms with Gasteiger partial charge in [-0.3, -0.25) is 0 Å². The molecule has 0 radical (unpaired) electrons. The quantitative estimate of drug-likeness (QED) is 0.404. The van der Waals surface area contributed by atoms with Gasteiger partial charge in [0, 0.05) is 6.08 Å². The molecule has 0 spiro atoms. The van der Waals surface area contributed by atoms with Crippen molar-refractivity contribution in [3.63, 3.8) is 0 Å². The van der Waals surface area contributed by atoms with Crippen LogP contribution in [0, 0.1) is 0 Å². The van der Waals surface area contributed by atoms with Gasteiger partial charge in [0.1, 0.15) is 5.78 Å². The average Bonchev–Trinajstić information content (AvgIpc) is 2.53. The molecular formula is C17H15O8-5. The summed E-state index contributed by atoms with van der Waals surface area (Å²) in [6.45, 7) is 1.03. The summed E-state index contributed by atoms with van der Waals surface area (Å²) in [5, 5.41) is 58.0. The lowest BCUT2D eigenvalue weighted by atomic mass is 9.77. The number of hydrogen-bond acceptors (Lipinski definition) is 8. The molecule has 1 aromatic rings. The average molecular weight is 347 g/mol. The Labute approximate surface area is 143 Å². The van der Waals surface area contributed by atoms with Crippen molar-refractivity contribution in [2.45, 2.75) is 43.7 Å². The number of carbonyl (C=O) groups excluding carboxylic acids is 2. The summed E-state index contributed by atoms with van der Waals surface area (Å²) in [5.41, 5.74) is -1.96. The van der Waals surface area contributed by atoms with Crippen molar-refractivity contribution in [2.75, 3.05) is 0 Å². The van der Waals surface area contributed by atoms with Crippen molar-refractivity contribution >= 4 is 17.8 Å². The molecule has 1 aliphatic carbocycles. The number of Topliss-reactive ketones (excluding diaryl/α,β-unsaturated/α-hetero) is 1. The van der Waals surface area contributed by atoms with Crippen molar-refractivity contribution in [3.05, 3.63) is 29.8 Å². The summed E-state index contributed by atoms with van der Waals surface area (Å²) >= 11 is 0. The molecule has 0 aromatic heterocycles. The number of carbonyl (C=O) groups is 2. The molecule has 1 fully saturated rings. The molecule has 1 saturated carbocycles. The van der Waals surface area contributed by atoms with Gasteiger partial charge in [-0.15, -0.1) is 23.7 Å². The predicted molar refractivity (Wildman–Crippen MR) is 74.5 cm³/mol. The first kappa shape index (κ1) is 18.9. The van der Waals surface area contributed by atoms with Gasteiger partial charge in [0.25, 0.3) is 0 Å². The van der Waals surface area contributed by atoms with Gasteiger partial charge in [0.2, 0.25) is 0 Å². The maximum atomic E-state index is 12.3. The second-order valence-electron chi connectivity index (χ2n) is 5.98. The SMILES string of the molecule is CC(=O)C1([O-])CC([O-])C([O-])C(OC(=O)/C=C/c2ccc([O-])c([O-])c2)C1. The van der Waals surface area contributed by atoms with Crippen molar-refractivity contribution in [1.82, 2.24) is 0 Å². The number of ketones is 1. The fourth-order valence-corrected chi connectivity index (χ4v) is 2.58. The largest absolute Gasteiger partial charge is 0.873 e. The first-order valence-corrected chi connectivity index (χ1v) is 7.52. The monoisotopic (exact) mass is 347 g/mol. The Bertz CT molecular complexity index is 698. The molecule has 1 aliphatic rings. The standard InChI is InChI=1S/C17H17O8/c1-9(18)17(24)7-13(21)16(23)14(8-17)25-15(22)5-3-10-2-4-11(19)12(20)6-10/h2-6,13-14,16,19-20H,7-8H2,1H3/q-3/p-2/b5-3+. The van der Waals surface area contributed by atoms with Gasteiger partial charge in [-0.05, 0) is 25.0 Å². The van der Waals surface area contributed by atoms with Crippen LogP contribution >= 0.6 is 0 Å². The first-order valence-electron chi connectivity index (χ1n) is 7.52. The third-order valence-electron chi connectivity index (χ3n) is 4.08. The van der Waals surface area contributed by atoms with E-state index in [0.29, 0.717) is 0 Å². The van der Waals surface area contributed by atoms with E-state index in [9.17, 15) is 35.1 Å². The van der Waals surface area contributed by atoms with E-state index in [0.717, 1.165) is 25.1 Å². The minimum Gasteiger partial charge on any atom is -0.873 e. The Kier molecular flexibility index (Phi) is 5.46. The lowest BCUT2D eigenvalue weighted by Crippen LogP contribution is -2.68. The third kappa shape index (κ3) is 4.36. The molecule has 8 heteroatoms. The van der Waals surface area contributed by atoms with Crippen molar-refractivity contribution in [2.24, 2.45) is 0 Å². The van der Waals surface area contributed by atoms with E-state index < -0.39 is 60.0 Å². The fraction of sp³-hybridized carbons (Fsp3) is 0.412. The van der Waals surface area contributed by atoms with Crippen molar-refractivity contribution in [1.29, 1.82) is 0 Å². The smallest absolute Gasteiger partial charge is 0.330 e. The molecule has 0 bridgehead atoms. The molecule has 4 unspecified atom stereocenters. The minimum atomic E-state index is -2.23. The van der Waals surface area contributed by atoms with Gasteiger partial charge < -0.3 is 35.1 Å². The molecule has 0 saturated heterocycles. The van der Waals surface area contributed by atoms with Crippen LogP contribution in [0.1, 0.15) is 25.3 Å². The molecule has 136 valence electrons. The highest BCUT2D eigenvalue weighted by molar-refractivity contribution is 5.87. The molecule has 4 atom stereocenters. The van der Waals surface area contributed by atoms with Gasteiger partial charge >= 0.3 is 5.97 Å². The lowest BCUT2D eigenvalue weighted by Gasteiger charge is -2.56. The zero-order valence-corrected chi connectivity index (χ0v) is 13.3. The van der Waals surface area contributed by atoms with E-state index in [2.05, 4.69) is 0 Å². The number of esters is 1.